The third-order valence-corrected chi connectivity index (χ3v) is 7.01. The molecule has 0 radical (unpaired) electrons. The molecule has 9 nitrogen and oxygen atoms in total. The minimum absolute atomic E-state index is 0.106. The summed E-state index contributed by atoms with van der Waals surface area (Å²) < 4.78 is 14.7. The zero-order valence-corrected chi connectivity index (χ0v) is 17.9. The Hall–Kier alpha value is -2.16. The molecule has 5 atom stereocenters. The molecule has 1 unspecified atom stereocenters. The quantitative estimate of drug-likeness (QED) is 0.468. The molecule has 0 aromatic carbocycles. The molecule has 0 spiro atoms. The van der Waals surface area contributed by atoms with Gasteiger partial charge in [-0.3, -0.25) is 24.1 Å². The van der Waals surface area contributed by atoms with E-state index in [9.17, 15) is 19.2 Å². The molecule has 2 heterocycles. The highest BCUT2D eigenvalue weighted by Gasteiger charge is 2.62. The van der Waals surface area contributed by atoms with E-state index in [1.54, 1.807) is 0 Å². The number of carbonyl (C=O) groups is 4. The smallest absolute Gasteiger partial charge is 0.325 e. The van der Waals surface area contributed by atoms with Gasteiger partial charge in [0.25, 0.3) is 0 Å². The Morgan fingerprint density at radius 2 is 1.37 bits per heavy atom. The summed E-state index contributed by atoms with van der Waals surface area (Å²) in [6.45, 7) is -0.206. The van der Waals surface area contributed by atoms with Crippen LogP contribution < -0.4 is 5.32 Å². The first-order valence-electron chi connectivity index (χ1n) is 10.7. The van der Waals surface area contributed by atoms with Crippen LogP contribution in [0.2, 0.25) is 0 Å². The second-order valence-corrected chi connectivity index (χ2v) is 8.39. The van der Waals surface area contributed by atoms with E-state index >= 15 is 0 Å². The monoisotopic (exact) mass is 424 g/mol. The molecule has 3 rings (SSSR count). The number of nitrogens with one attached hydrogen (secondary N) is 1. The van der Waals surface area contributed by atoms with Crippen molar-refractivity contribution in [3.05, 3.63) is 0 Å². The van der Waals surface area contributed by atoms with Crippen molar-refractivity contribution in [2.24, 2.45) is 17.8 Å². The highest BCUT2D eigenvalue weighted by atomic mass is 16.5. The normalized spacial score (nSPS) is 29.8. The van der Waals surface area contributed by atoms with Crippen LogP contribution in [0.5, 0.6) is 0 Å². The molecule has 1 aliphatic carbocycles. The van der Waals surface area contributed by atoms with Crippen molar-refractivity contribution in [2.75, 3.05) is 27.9 Å². The molecule has 9 heteroatoms. The Balaban J connectivity index is 1.91. The van der Waals surface area contributed by atoms with Crippen molar-refractivity contribution < 1.29 is 33.4 Å². The molecule has 0 aromatic heterocycles. The van der Waals surface area contributed by atoms with Gasteiger partial charge < -0.3 is 19.5 Å². The van der Waals surface area contributed by atoms with E-state index in [1.165, 1.54) is 21.3 Å². The van der Waals surface area contributed by atoms with E-state index < -0.39 is 35.8 Å². The predicted molar refractivity (Wildman–Crippen MR) is 105 cm³/mol. The summed E-state index contributed by atoms with van der Waals surface area (Å²) in [5, 5.41) is 2.71. The molecule has 0 aromatic rings. The topological polar surface area (TPSA) is 111 Å². The number of nitrogens with zero attached hydrogens (tertiary/aromatic N) is 1. The number of hydrogen-bond acceptors (Lipinski definition) is 8. The van der Waals surface area contributed by atoms with Crippen molar-refractivity contribution in [1.82, 2.24) is 10.2 Å². The molecule has 3 aliphatic rings. The van der Waals surface area contributed by atoms with E-state index in [1.807, 2.05) is 0 Å². The summed E-state index contributed by atoms with van der Waals surface area (Å²) in [6.07, 6.45) is 6.44. The zero-order chi connectivity index (χ0) is 21.8. The number of amides is 1. The summed E-state index contributed by atoms with van der Waals surface area (Å²) in [7, 11) is 3.90. The average molecular weight is 424 g/mol. The van der Waals surface area contributed by atoms with Gasteiger partial charge in [0.15, 0.2) is 0 Å². The van der Waals surface area contributed by atoms with Gasteiger partial charge in [-0.15, -0.1) is 0 Å². The van der Waals surface area contributed by atoms with E-state index in [4.69, 9.17) is 9.47 Å². The first-order chi connectivity index (χ1) is 14.4. The van der Waals surface area contributed by atoms with Crippen molar-refractivity contribution in [2.45, 2.75) is 63.1 Å². The number of esters is 3. The van der Waals surface area contributed by atoms with Crippen LogP contribution in [0, 0.1) is 17.8 Å². The molecular weight excluding hydrogens is 392 g/mol. The van der Waals surface area contributed by atoms with Crippen LogP contribution in [-0.4, -0.2) is 74.7 Å². The second kappa shape index (κ2) is 9.76. The van der Waals surface area contributed by atoms with Crippen molar-refractivity contribution >= 4 is 23.8 Å². The van der Waals surface area contributed by atoms with Gasteiger partial charge in [0.2, 0.25) is 5.91 Å². The fourth-order valence-electron chi connectivity index (χ4n) is 5.77. The third-order valence-electron chi connectivity index (χ3n) is 7.01. The Bertz CT molecular complexity index is 646. The summed E-state index contributed by atoms with van der Waals surface area (Å²) in [5.74, 6) is -2.86. The molecule has 1 N–H and O–H groups in total. The Kier molecular flexibility index (Phi) is 7.33. The van der Waals surface area contributed by atoms with Gasteiger partial charge in [-0.2, -0.15) is 0 Å². The zero-order valence-electron chi connectivity index (χ0n) is 17.9. The number of hydrogen-bond donors (Lipinski definition) is 1. The van der Waals surface area contributed by atoms with Crippen LogP contribution in [0.15, 0.2) is 0 Å². The van der Waals surface area contributed by atoms with Crippen LogP contribution in [0.25, 0.3) is 0 Å². The number of ether oxygens (including phenoxy) is 3. The first-order valence-corrected chi connectivity index (χ1v) is 10.7. The number of methoxy groups -OCH3 is 3. The van der Waals surface area contributed by atoms with E-state index in [-0.39, 0.29) is 30.5 Å². The van der Waals surface area contributed by atoms with Crippen LogP contribution >= 0.6 is 0 Å². The lowest BCUT2D eigenvalue weighted by atomic mass is 9.79. The molecule has 2 saturated heterocycles. The van der Waals surface area contributed by atoms with E-state index in [2.05, 4.69) is 15.0 Å². The Labute approximate surface area is 176 Å². The number of carbonyl (C=O) groups excluding carboxylic acids is 4. The van der Waals surface area contributed by atoms with Gasteiger partial charge in [0.1, 0.15) is 6.54 Å². The first kappa shape index (κ1) is 22.5. The maximum Gasteiger partial charge on any atom is 0.325 e. The lowest BCUT2D eigenvalue weighted by Gasteiger charge is -2.38. The molecule has 30 heavy (non-hydrogen) atoms. The predicted octanol–water partition coefficient (Wildman–Crippen LogP) is 0.650. The summed E-state index contributed by atoms with van der Waals surface area (Å²) in [5.41, 5.74) is 0. The Morgan fingerprint density at radius 1 is 0.833 bits per heavy atom. The lowest BCUT2D eigenvalue weighted by Crippen LogP contribution is -2.55. The van der Waals surface area contributed by atoms with E-state index in [0.29, 0.717) is 12.8 Å². The molecular formula is C21H32N2O7. The maximum atomic E-state index is 13.3. The Morgan fingerprint density at radius 3 is 1.83 bits per heavy atom. The van der Waals surface area contributed by atoms with E-state index in [0.717, 1.165) is 32.1 Å². The van der Waals surface area contributed by atoms with Crippen molar-refractivity contribution in [3.8, 4) is 0 Å². The maximum absolute atomic E-state index is 13.3. The van der Waals surface area contributed by atoms with Crippen LogP contribution in [0.4, 0.5) is 0 Å². The molecule has 3 fully saturated rings. The van der Waals surface area contributed by atoms with Gasteiger partial charge in [-0.05, 0) is 31.6 Å². The molecule has 2 bridgehead atoms. The summed E-state index contributed by atoms with van der Waals surface area (Å²) in [6, 6.07) is -1.03. The van der Waals surface area contributed by atoms with Gasteiger partial charge >= 0.3 is 17.9 Å². The molecule has 2 aliphatic heterocycles. The minimum Gasteiger partial charge on any atom is -0.469 e. The number of rotatable bonds is 7. The fourth-order valence-corrected chi connectivity index (χ4v) is 5.77. The van der Waals surface area contributed by atoms with Gasteiger partial charge in [0, 0.05) is 12.1 Å². The SMILES string of the molecule is COC(=O)CNC(=O)C(C1CCCCC1)N1[C@@H]2CC[C@H]1[C@@H](C(=O)OC)[C@@H]2C(=O)OC. The third kappa shape index (κ3) is 4.17. The highest BCUT2D eigenvalue weighted by molar-refractivity contribution is 5.88. The molecule has 1 saturated carbocycles. The highest BCUT2D eigenvalue weighted by Crippen LogP contribution is 2.49. The van der Waals surface area contributed by atoms with Crippen LogP contribution in [-0.2, 0) is 33.4 Å². The average Bonchev–Trinajstić information content (AvgIpc) is 3.33. The van der Waals surface area contributed by atoms with Crippen molar-refractivity contribution in [3.63, 3.8) is 0 Å². The van der Waals surface area contributed by atoms with Gasteiger partial charge in [-0.25, -0.2) is 0 Å². The summed E-state index contributed by atoms with van der Waals surface area (Å²) >= 11 is 0. The number of fused-ring (bicyclic) bond motifs is 2. The largest absolute Gasteiger partial charge is 0.469 e. The minimum atomic E-state index is -0.652. The fraction of sp³-hybridized carbons (Fsp3) is 0.810. The van der Waals surface area contributed by atoms with Crippen molar-refractivity contribution in [1.29, 1.82) is 0 Å². The van der Waals surface area contributed by atoms with Gasteiger partial charge in [0.05, 0.1) is 39.2 Å². The molecule has 168 valence electrons. The lowest BCUT2D eigenvalue weighted by molar-refractivity contribution is -0.157. The second-order valence-electron chi connectivity index (χ2n) is 8.39. The molecule has 1 amide bonds. The van der Waals surface area contributed by atoms with Gasteiger partial charge in [-0.1, -0.05) is 19.3 Å². The van der Waals surface area contributed by atoms with Crippen LogP contribution in [0.3, 0.4) is 0 Å². The van der Waals surface area contributed by atoms with Crippen LogP contribution in [0.1, 0.15) is 44.9 Å². The standard InChI is InChI=1S/C21H32N2O7/c1-28-15(24)11-22-19(25)18(12-7-5-4-6-8-12)23-13-9-10-14(23)17(21(27)30-3)16(13)20(26)29-2/h12-14,16-18H,4-11H2,1-3H3,(H,22,25)/t13-,14+,16-,17-,18?/m1/s1. The summed E-state index contributed by atoms with van der Waals surface area (Å²) in [4.78, 5) is 52.1.